The van der Waals surface area contributed by atoms with Crippen molar-refractivity contribution >= 4 is 24.2 Å². The summed E-state index contributed by atoms with van der Waals surface area (Å²) < 4.78 is 13.9. The van der Waals surface area contributed by atoms with Gasteiger partial charge in [-0.1, -0.05) is 23.3 Å². The van der Waals surface area contributed by atoms with Crippen LogP contribution < -0.4 is 0 Å². The predicted octanol–water partition coefficient (Wildman–Crippen LogP) is 3.34. The van der Waals surface area contributed by atoms with Gasteiger partial charge in [-0.2, -0.15) is 12.6 Å². The van der Waals surface area contributed by atoms with Crippen molar-refractivity contribution < 1.29 is 4.39 Å². The molecule has 0 bridgehead atoms. The molecule has 0 aromatic rings. The topological polar surface area (TPSA) is 0 Å². The molecule has 0 saturated heterocycles. The molecule has 0 amide bonds. The second kappa shape index (κ2) is 3.43. The van der Waals surface area contributed by atoms with E-state index in [0.717, 1.165) is 5.57 Å². The van der Waals surface area contributed by atoms with Gasteiger partial charge in [0.15, 0.2) is 5.67 Å². The number of halogens is 2. The summed E-state index contributed by atoms with van der Waals surface area (Å²) in [5.74, 6) is 0.290. The van der Waals surface area contributed by atoms with Crippen molar-refractivity contribution in [2.75, 3.05) is 5.75 Å². The van der Waals surface area contributed by atoms with Crippen molar-refractivity contribution in [1.29, 1.82) is 0 Å². The van der Waals surface area contributed by atoms with E-state index in [1.165, 1.54) is 6.92 Å². The van der Waals surface area contributed by atoms with E-state index < -0.39 is 5.67 Å². The predicted molar refractivity (Wildman–Crippen MR) is 54.5 cm³/mol. The third-order valence-electron chi connectivity index (χ3n) is 2.35. The molecule has 0 aromatic heterocycles. The summed E-state index contributed by atoms with van der Waals surface area (Å²) in [6.07, 6.45) is 3.47. The summed E-state index contributed by atoms with van der Waals surface area (Å²) in [4.78, 5) is 0. The van der Waals surface area contributed by atoms with Crippen molar-refractivity contribution in [3.05, 3.63) is 22.8 Å². The minimum Gasteiger partial charge on any atom is -0.237 e. The minimum absolute atomic E-state index is 0.196. The molecule has 0 radical (unpaired) electrons. The third-order valence-corrected chi connectivity index (χ3v) is 3.21. The summed E-state index contributed by atoms with van der Waals surface area (Å²) in [6, 6.07) is 0. The van der Waals surface area contributed by atoms with Gasteiger partial charge in [0.2, 0.25) is 0 Å². The van der Waals surface area contributed by atoms with Crippen LogP contribution in [0.1, 0.15) is 13.8 Å². The van der Waals surface area contributed by atoms with Crippen molar-refractivity contribution in [3.8, 4) is 0 Å². The lowest BCUT2D eigenvalue weighted by Gasteiger charge is -2.32. The fraction of sp³-hybridized carbons (Fsp3) is 0.556. The average molecular weight is 207 g/mol. The Kier molecular flexibility index (Phi) is 2.89. The fourth-order valence-electron chi connectivity index (χ4n) is 1.39. The monoisotopic (exact) mass is 206 g/mol. The molecule has 0 spiro atoms. The molecule has 2 atom stereocenters. The van der Waals surface area contributed by atoms with Crippen LogP contribution in [0.4, 0.5) is 4.39 Å². The van der Waals surface area contributed by atoms with Crippen LogP contribution in [0, 0.1) is 5.92 Å². The van der Waals surface area contributed by atoms with Crippen LogP contribution in [0.5, 0.6) is 0 Å². The van der Waals surface area contributed by atoms with Gasteiger partial charge in [-0.3, -0.25) is 0 Å². The number of hydrogen-bond donors (Lipinski definition) is 1. The first-order chi connectivity index (χ1) is 5.50. The molecule has 1 aliphatic carbocycles. The highest BCUT2D eigenvalue weighted by molar-refractivity contribution is 7.80. The Bertz CT molecular complexity index is 243. The van der Waals surface area contributed by atoms with Crippen molar-refractivity contribution in [2.45, 2.75) is 19.5 Å². The molecule has 12 heavy (non-hydrogen) atoms. The normalized spacial score (nSPS) is 35.9. The van der Waals surface area contributed by atoms with E-state index >= 15 is 0 Å². The lowest BCUT2D eigenvalue weighted by atomic mass is 9.83. The molecule has 0 heterocycles. The van der Waals surface area contributed by atoms with Crippen molar-refractivity contribution in [2.24, 2.45) is 5.92 Å². The quantitative estimate of drug-likeness (QED) is 0.625. The molecule has 0 aromatic carbocycles. The standard InChI is InChI=1S/C9H12ClFS/c1-6-3-4-8(10)9(2,11)7(6)5-12/h3-4,7,12H,5H2,1-2H3. The van der Waals surface area contributed by atoms with Gasteiger partial charge in [0.25, 0.3) is 0 Å². The maximum absolute atomic E-state index is 13.9. The summed E-state index contributed by atoms with van der Waals surface area (Å²) in [5, 5.41) is 0.271. The molecule has 68 valence electrons. The minimum atomic E-state index is -1.44. The van der Waals surface area contributed by atoms with Gasteiger partial charge in [-0.25, -0.2) is 4.39 Å². The van der Waals surface area contributed by atoms with Crippen LogP contribution >= 0.6 is 24.2 Å². The molecule has 2 unspecified atom stereocenters. The van der Waals surface area contributed by atoms with Crippen LogP contribution in [-0.2, 0) is 0 Å². The average Bonchev–Trinajstić information content (AvgIpc) is 1.98. The van der Waals surface area contributed by atoms with Gasteiger partial charge in [0.05, 0.1) is 5.03 Å². The molecule has 3 heteroatoms. The Hall–Kier alpha value is 0.0500. The first kappa shape index (κ1) is 10.1. The molecule has 1 aliphatic rings. The Labute approximate surface area is 82.9 Å². The molecule has 0 N–H and O–H groups in total. The van der Waals surface area contributed by atoms with Crippen molar-refractivity contribution in [3.63, 3.8) is 0 Å². The zero-order valence-electron chi connectivity index (χ0n) is 7.14. The van der Waals surface area contributed by atoms with E-state index in [1.54, 1.807) is 6.08 Å². The zero-order valence-corrected chi connectivity index (χ0v) is 8.79. The molecule has 1 rings (SSSR count). The highest BCUT2D eigenvalue weighted by atomic mass is 35.5. The van der Waals surface area contributed by atoms with Gasteiger partial charge in [-0.05, 0) is 19.9 Å². The van der Waals surface area contributed by atoms with E-state index in [1.807, 2.05) is 13.0 Å². The lowest BCUT2D eigenvalue weighted by Crippen LogP contribution is -2.34. The van der Waals surface area contributed by atoms with Gasteiger partial charge in [0.1, 0.15) is 0 Å². The SMILES string of the molecule is CC1=CC=C(Cl)C(C)(F)C1CS. The first-order valence-electron chi connectivity index (χ1n) is 3.84. The molecular formula is C9H12ClFS. The lowest BCUT2D eigenvalue weighted by molar-refractivity contribution is 0.189. The third kappa shape index (κ3) is 1.55. The zero-order chi connectivity index (χ0) is 9.35. The van der Waals surface area contributed by atoms with E-state index in [4.69, 9.17) is 11.6 Å². The van der Waals surface area contributed by atoms with E-state index in [0.29, 0.717) is 5.75 Å². The Morgan fingerprint density at radius 1 is 1.67 bits per heavy atom. The van der Waals surface area contributed by atoms with Crippen LogP contribution in [0.3, 0.4) is 0 Å². The summed E-state index contributed by atoms with van der Waals surface area (Å²) in [5.41, 5.74) is -0.443. The van der Waals surface area contributed by atoms with E-state index in [9.17, 15) is 4.39 Å². The smallest absolute Gasteiger partial charge is 0.150 e. The number of allylic oxidation sites excluding steroid dienone is 4. The highest BCUT2D eigenvalue weighted by Gasteiger charge is 2.39. The first-order valence-corrected chi connectivity index (χ1v) is 4.85. The number of hydrogen-bond acceptors (Lipinski definition) is 1. The summed E-state index contributed by atoms with van der Waals surface area (Å²) >= 11 is 9.86. The van der Waals surface area contributed by atoms with Crippen LogP contribution in [-0.4, -0.2) is 11.4 Å². The molecular weight excluding hydrogens is 195 g/mol. The summed E-state index contributed by atoms with van der Waals surface area (Å²) in [6.45, 7) is 3.40. The van der Waals surface area contributed by atoms with Gasteiger partial charge in [-0.15, -0.1) is 0 Å². The van der Waals surface area contributed by atoms with E-state index in [2.05, 4.69) is 12.6 Å². The Balaban J connectivity index is 3.02. The maximum atomic E-state index is 13.9. The second-order valence-corrected chi connectivity index (χ2v) is 4.01. The Morgan fingerprint density at radius 3 is 2.67 bits per heavy atom. The van der Waals surface area contributed by atoms with Gasteiger partial charge < -0.3 is 0 Å². The maximum Gasteiger partial charge on any atom is 0.150 e. The number of alkyl halides is 1. The number of thiol groups is 1. The fourth-order valence-corrected chi connectivity index (χ4v) is 2.22. The van der Waals surface area contributed by atoms with Crippen molar-refractivity contribution in [1.82, 2.24) is 0 Å². The summed E-state index contributed by atoms with van der Waals surface area (Å²) in [7, 11) is 0. The van der Waals surface area contributed by atoms with Gasteiger partial charge in [0, 0.05) is 11.7 Å². The molecule has 0 saturated carbocycles. The Morgan fingerprint density at radius 2 is 2.25 bits per heavy atom. The largest absolute Gasteiger partial charge is 0.237 e. The van der Waals surface area contributed by atoms with Crippen LogP contribution in [0.15, 0.2) is 22.8 Å². The molecule has 0 fully saturated rings. The highest BCUT2D eigenvalue weighted by Crippen LogP contribution is 2.40. The van der Waals surface area contributed by atoms with Gasteiger partial charge >= 0.3 is 0 Å². The molecule has 0 aliphatic heterocycles. The van der Waals surface area contributed by atoms with Crippen LogP contribution in [0.2, 0.25) is 0 Å². The van der Waals surface area contributed by atoms with Crippen LogP contribution in [0.25, 0.3) is 0 Å². The number of rotatable bonds is 1. The van der Waals surface area contributed by atoms with E-state index in [-0.39, 0.29) is 11.0 Å². The second-order valence-electron chi connectivity index (χ2n) is 3.24. The molecule has 0 nitrogen and oxygen atoms in total.